The number of nitrogens with zero attached hydrogens (tertiary/aromatic N) is 1. The lowest BCUT2D eigenvalue weighted by atomic mass is 9.66. The molecule has 0 radical (unpaired) electrons. The molecule has 26 heavy (non-hydrogen) atoms. The topological polar surface area (TPSA) is 79.2 Å². The summed E-state index contributed by atoms with van der Waals surface area (Å²) in [4.78, 5) is 14.3. The Morgan fingerprint density at radius 3 is 2.81 bits per heavy atom. The number of likely N-dealkylation sites (tertiary alicyclic amines) is 1. The molecule has 0 bridgehead atoms. The van der Waals surface area contributed by atoms with E-state index in [1.807, 2.05) is 13.0 Å². The fourth-order valence-electron chi connectivity index (χ4n) is 4.49. The molecule has 2 N–H and O–H groups in total. The first kappa shape index (κ1) is 18.8. The summed E-state index contributed by atoms with van der Waals surface area (Å²) < 4.78 is 10.8. The van der Waals surface area contributed by atoms with Crippen LogP contribution in [0.4, 0.5) is 4.79 Å². The summed E-state index contributed by atoms with van der Waals surface area (Å²) in [7, 11) is 0. The van der Waals surface area contributed by atoms with Gasteiger partial charge >= 0.3 is 6.09 Å². The second-order valence-electron chi connectivity index (χ2n) is 7.20. The van der Waals surface area contributed by atoms with Crippen LogP contribution in [-0.4, -0.2) is 46.6 Å². The third kappa shape index (κ3) is 3.47. The van der Waals surface area contributed by atoms with Crippen LogP contribution in [-0.2, 0) is 4.74 Å². The standard InChI is InChI=1S/C20H29NO5/c1-3-25-17-13-14(8-9-16(17)22)18-15-7-5-6-10-20(15,24)11-12-21(18)19(23)26-4-2/h8-9,13,15,18,22,24H,3-7,10-12H2,1-2H3. The van der Waals surface area contributed by atoms with Gasteiger partial charge in [-0.2, -0.15) is 0 Å². The highest BCUT2D eigenvalue weighted by Gasteiger charge is 2.50. The largest absolute Gasteiger partial charge is 0.504 e. The number of aliphatic hydroxyl groups is 1. The lowest BCUT2D eigenvalue weighted by molar-refractivity contribution is -0.118. The first-order chi connectivity index (χ1) is 12.5. The molecule has 2 aliphatic rings. The van der Waals surface area contributed by atoms with Crippen molar-refractivity contribution in [2.45, 2.75) is 57.6 Å². The summed E-state index contributed by atoms with van der Waals surface area (Å²) in [6.07, 6.45) is 3.90. The number of benzene rings is 1. The molecule has 0 aromatic heterocycles. The smallest absolute Gasteiger partial charge is 0.410 e. The number of hydrogen-bond acceptors (Lipinski definition) is 5. The van der Waals surface area contributed by atoms with E-state index in [0.717, 1.165) is 31.2 Å². The van der Waals surface area contributed by atoms with Crippen LogP contribution in [0.5, 0.6) is 11.5 Å². The molecule has 1 saturated heterocycles. The maximum absolute atomic E-state index is 12.6. The van der Waals surface area contributed by atoms with Gasteiger partial charge in [-0.3, -0.25) is 0 Å². The first-order valence-corrected chi connectivity index (χ1v) is 9.61. The van der Waals surface area contributed by atoms with Gasteiger partial charge in [0.05, 0.1) is 24.9 Å². The molecule has 1 aromatic rings. The SMILES string of the molecule is CCOC(=O)N1CCC2(O)CCCCC2C1c1ccc(O)c(OCC)c1. The highest BCUT2D eigenvalue weighted by molar-refractivity contribution is 5.69. The van der Waals surface area contributed by atoms with Gasteiger partial charge in [0, 0.05) is 12.5 Å². The molecule has 3 unspecified atom stereocenters. The Bertz CT molecular complexity index is 649. The number of carbonyl (C=O) groups excluding carboxylic acids is 1. The third-order valence-corrected chi connectivity index (χ3v) is 5.70. The summed E-state index contributed by atoms with van der Waals surface area (Å²) in [5.41, 5.74) is 0.111. The van der Waals surface area contributed by atoms with Crippen molar-refractivity contribution in [3.05, 3.63) is 23.8 Å². The van der Waals surface area contributed by atoms with E-state index >= 15 is 0 Å². The number of piperidine rings is 1. The van der Waals surface area contributed by atoms with Crippen LogP contribution < -0.4 is 4.74 Å². The molecular formula is C20H29NO5. The number of aromatic hydroxyl groups is 1. The van der Waals surface area contributed by atoms with Gasteiger partial charge < -0.3 is 24.6 Å². The Kier molecular flexibility index (Phi) is 5.61. The number of ether oxygens (including phenoxy) is 2. The van der Waals surface area contributed by atoms with Gasteiger partial charge in [0.15, 0.2) is 11.5 Å². The lowest BCUT2D eigenvalue weighted by Gasteiger charge is -2.52. The van der Waals surface area contributed by atoms with Crippen LogP contribution in [0.15, 0.2) is 18.2 Å². The average molecular weight is 363 g/mol. The van der Waals surface area contributed by atoms with Crippen LogP contribution >= 0.6 is 0 Å². The zero-order chi connectivity index (χ0) is 18.7. The third-order valence-electron chi connectivity index (χ3n) is 5.70. The second-order valence-corrected chi connectivity index (χ2v) is 7.20. The minimum absolute atomic E-state index is 0.0478. The number of amides is 1. The highest BCUT2D eigenvalue weighted by atomic mass is 16.6. The Labute approximate surface area is 154 Å². The summed E-state index contributed by atoms with van der Waals surface area (Å²) >= 11 is 0. The molecule has 2 fully saturated rings. The summed E-state index contributed by atoms with van der Waals surface area (Å²) in [6, 6.07) is 4.92. The van der Waals surface area contributed by atoms with Gasteiger partial charge in [-0.15, -0.1) is 0 Å². The molecule has 1 amide bonds. The molecule has 6 heteroatoms. The summed E-state index contributed by atoms with van der Waals surface area (Å²) in [6.45, 7) is 4.87. The van der Waals surface area contributed by atoms with Gasteiger partial charge in [0.2, 0.25) is 0 Å². The number of rotatable bonds is 4. The molecule has 1 saturated carbocycles. The Morgan fingerprint density at radius 2 is 2.08 bits per heavy atom. The number of phenolic OH excluding ortho intramolecular Hbond substituents is 1. The van der Waals surface area contributed by atoms with E-state index in [9.17, 15) is 15.0 Å². The lowest BCUT2D eigenvalue weighted by Crippen LogP contribution is -2.56. The van der Waals surface area contributed by atoms with Gasteiger partial charge in [-0.05, 0) is 50.8 Å². The van der Waals surface area contributed by atoms with Crippen LogP contribution in [0.1, 0.15) is 57.6 Å². The van der Waals surface area contributed by atoms with E-state index in [-0.39, 0.29) is 23.8 Å². The molecule has 144 valence electrons. The van der Waals surface area contributed by atoms with E-state index in [4.69, 9.17) is 9.47 Å². The maximum atomic E-state index is 12.6. The van der Waals surface area contributed by atoms with Gasteiger partial charge in [0.25, 0.3) is 0 Å². The molecule has 1 aromatic carbocycles. The van der Waals surface area contributed by atoms with E-state index in [1.165, 1.54) is 0 Å². The molecule has 1 heterocycles. The zero-order valence-corrected chi connectivity index (χ0v) is 15.6. The summed E-state index contributed by atoms with van der Waals surface area (Å²) in [5.74, 6) is 0.431. The Morgan fingerprint density at radius 1 is 1.27 bits per heavy atom. The molecular weight excluding hydrogens is 334 g/mol. The monoisotopic (exact) mass is 363 g/mol. The van der Waals surface area contributed by atoms with E-state index in [1.54, 1.807) is 24.0 Å². The van der Waals surface area contributed by atoms with Crippen molar-refractivity contribution in [1.82, 2.24) is 4.90 Å². The number of phenols is 1. The van der Waals surface area contributed by atoms with Gasteiger partial charge in [0.1, 0.15) is 0 Å². The van der Waals surface area contributed by atoms with Gasteiger partial charge in [-0.1, -0.05) is 18.9 Å². The van der Waals surface area contributed by atoms with Crippen LogP contribution in [0.3, 0.4) is 0 Å². The molecule has 1 aliphatic carbocycles. The number of carbonyl (C=O) groups is 1. The van der Waals surface area contributed by atoms with Crippen molar-refractivity contribution in [3.8, 4) is 11.5 Å². The molecule has 3 atom stereocenters. The van der Waals surface area contributed by atoms with E-state index in [0.29, 0.717) is 31.9 Å². The van der Waals surface area contributed by atoms with Crippen molar-refractivity contribution in [2.75, 3.05) is 19.8 Å². The first-order valence-electron chi connectivity index (χ1n) is 9.61. The zero-order valence-electron chi connectivity index (χ0n) is 15.6. The second kappa shape index (κ2) is 7.74. The van der Waals surface area contributed by atoms with Crippen molar-refractivity contribution in [1.29, 1.82) is 0 Å². The van der Waals surface area contributed by atoms with Crippen LogP contribution in [0.2, 0.25) is 0 Å². The minimum atomic E-state index is -0.754. The number of hydrogen-bond donors (Lipinski definition) is 2. The highest BCUT2D eigenvalue weighted by Crippen LogP contribution is 2.50. The van der Waals surface area contributed by atoms with Crippen molar-refractivity contribution in [3.63, 3.8) is 0 Å². The summed E-state index contributed by atoms with van der Waals surface area (Å²) in [5, 5.41) is 21.2. The predicted octanol–water partition coefficient (Wildman–Crippen LogP) is 3.62. The predicted molar refractivity (Wildman–Crippen MR) is 97.3 cm³/mol. The molecule has 1 aliphatic heterocycles. The fraction of sp³-hybridized carbons (Fsp3) is 0.650. The van der Waals surface area contributed by atoms with E-state index in [2.05, 4.69) is 0 Å². The van der Waals surface area contributed by atoms with E-state index < -0.39 is 5.60 Å². The molecule has 6 nitrogen and oxygen atoms in total. The molecule has 3 rings (SSSR count). The van der Waals surface area contributed by atoms with Gasteiger partial charge in [-0.25, -0.2) is 4.79 Å². The normalized spacial score (nSPS) is 28.3. The Balaban J connectivity index is 2.01. The maximum Gasteiger partial charge on any atom is 0.410 e. The molecule has 0 spiro atoms. The van der Waals surface area contributed by atoms with Crippen LogP contribution in [0.25, 0.3) is 0 Å². The fourth-order valence-corrected chi connectivity index (χ4v) is 4.49. The number of fused-ring (bicyclic) bond motifs is 1. The van der Waals surface area contributed by atoms with Crippen molar-refractivity contribution in [2.24, 2.45) is 5.92 Å². The minimum Gasteiger partial charge on any atom is -0.504 e. The van der Waals surface area contributed by atoms with Crippen LogP contribution in [0, 0.1) is 5.92 Å². The quantitative estimate of drug-likeness (QED) is 0.854. The van der Waals surface area contributed by atoms with Crippen molar-refractivity contribution < 1.29 is 24.5 Å². The van der Waals surface area contributed by atoms with Crippen molar-refractivity contribution >= 4 is 6.09 Å². The Hall–Kier alpha value is -1.95. The average Bonchev–Trinajstić information content (AvgIpc) is 2.62.